The van der Waals surface area contributed by atoms with Gasteiger partial charge in [0.25, 0.3) is 0 Å². The average molecular weight is 490 g/mol. The summed E-state index contributed by atoms with van der Waals surface area (Å²) in [6, 6.07) is 18.0. The van der Waals surface area contributed by atoms with E-state index in [-0.39, 0.29) is 19.0 Å². The van der Waals surface area contributed by atoms with Gasteiger partial charge in [0.05, 0.1) is 12.8 Å². The van der Waals surface area contributed by atoms with Crippen LogP contribution in [0.3, 0.4) is 0 Å². The molecule has 0 fully saturated rings. The van der Waals surface area contributed by atoms with Crippen LogP contribution in [0.2, 0.25) is 0 Å². The van der Waals surface area contributed by atoms with E-state index in [0.29, 0.717) is 32.6 Å². The second kappa shape index (κ2) is 13.8. The molecule has 1 atom stereocenters. The van der Waals surface area contributed by atoms with E-state index in [1.54, 1.807) is 0 Å². The van der Waals surface area contributed by atoms with Crippen LogP contribution in [0.1, 0.15) is 24.5 Å². The van der Waals surface area contributed by atoms with Gasteiger partial charge in [0, 0.05) is 39.8 Å². The molecule has 0 saturated heterocycles. The third kappa shape index (κ3) is 9.24. The molecule has 0 aliphatic rings. The normalized spacial score (nSPS) is 12.4. The fourth-order valence-corrected chi connectivity index (χ4v) is 3.73. The van der Waals surface area contributed by atoms with E-state index in [9.17, 15) is 18.0 Å². The maximum atomic E-state index is 13.4. The van der Waals surface area contributed by atoms with Crippen molar-refractivity contribution in [2.45, 2.75) is 32.4 Å². The molecule has 0 aliphatic heterocycles. The van der Waals surface area contributed by atoms with E-state index in [1.165, 1.54) is 11.9 Å². The number of nitrogens with one attached hydrogen (secondary N) is 1. The summed E-state index contributed by atoms with van der Waals surface area (Å²) in [7, 11) is -2.21. The predicted molar refractivity (Wildman–Crippen MR) is 133 cm³/mol. The largest absolute Gasteiger partial charge is 0.382 e. The number of carbonyl (C=O) groups is 2. The minimum Gasteiger partial charge on any atom is -0.382 e. The van der Waals surface area contributed by atoms with E-state index in [0.717, 1.165) is 21.7 Å². The Morgan fingerprint density at radius 3 is 2.15 bits per heavy atom. The van der Waals surface area contributed by atoms with E-state index < -0.39 is 22.0 Å². The molecule has 8 nitrogen and oxygen atoms in total. The maximum Gasteiger partial charge on any atom is 0.243 e. The number of hydrogen-bond acceptors (Lipinski definition) is 5. The molecule has 2 aromatic rings. The molecule has 0 aliphatic carbocycles. The Bertz CT molecular complexity index is 1000. The summed E-state index contributed by atoms with van der Waals surface area (Å²) in [4.78, 5) is 28.2. The monoisotopic (exact) mass is 489 g/mol. The quantitative estimate of drug-likeness (QED) is 0.410. The minimum absolute atomic E-state index is 0.182. The highest BCUT2D eigenvalue weighted by Crippen LogP contribution is 2.15. The van der Waals surface area contributed by atoms with Gasteiger partial charge < -0.3 is 15.0 Å². The highest BCUT2D eigenvalue weighted by atomic mass is 32.2. The Balaban J connectivity index is 2.32. The van der Waals surface area contributed by atoms with Gasteiger partial charge in [-0.15, -0.1) is 0 Å². The van der Waals surface area contributed by atoms with Gasteiger partial charge in [-0.3, -0.25) is 9.59 Å². The fraction of sp³-hybridized carbons (Fsp3) is 0.440. The molecule has 2 rings (SSSR count). The summed E-state index contributed by atoms with van der Waals surface area (Å²) in [6.45, 7) is 3.30. The van der Waals surface area contributed by atoms with E-state index >= 15 is 0 Å². The summed E-state index contributed by atoms with van der Waals surface area (Å²) in [5.74, 6) is -0.728. The number of rotatable bonds is 14. The van der Waals surface area contributed by atoms with Crippen LogP contribution in [0.15, 0.2) is 60.7 Å². The first-order valence-corrected chi connectivity index (χ1v) is 13.2. The zero-order chi connectivity index (χ0) is 25.0. The van der Waals surface area contributed by atoms with Gasteiger partial charge in [-0.25, -0.2) is 8.42 Å². The van der Waals surface area contributed by atoms with Crippen molar-refractivity contribution >= 4 is 21.8 Å². The number of benzene rings is 2. The van der Waals surface area contributed by atoms with Gasteiger partial charge >= 0.3 is 0 Å². The maximum absolute atomic E-state index is 13.4. The Morgan fingerprint density at radius 1 is 1.00 bits per heavy atom. The van der Waals surface area contributed by atoms with Gasteiger partial charge in [-0.1, -0.05) is 60.7 Å². The van der Waals surface area contributed by atoms with Crippen molar-refractivity contribution in [3.05, 3.63) is 71.8 Å². The molecule has 0 saturated carbocycles. The molecule has 2 amide bonds. The summed E-state index contributed by atoms with van der Waals surface area (Å²) in [5.41, 5.74) is 1.75. The molecular weight excluding hydrogens is 454 g/mol. The van der Waals surface area contributed by atoms with Gasteiger partial charge in [-0.2, -0.15) is 4.31 Å². The van der Waals surface area contributed by atoms with Crippen molar-refractivity contribution in [2.24, 2.45) is 0 Å². The summed E-state index contributed by atoms with van der Waals surface area (Å²) >= 11 is 0. The summed E-state index contributed by atoms with van der Waals surface area (Å²) in [5, 5.41) is 2.92. The average Bonchev–Trinajstić information content (AvgIpc) is 2.81. The molecular formula is C25H35N3O5S. The number of likely N-dealkylation sites (N-methyl/N-ethyl adjacent to an activating group) is 1. The zero-order valence-electron chi connectivity index (χ0n) is 20.1. The van der Waals surface area contributed by atoms with Crippen LogP contribution in [-0.2, 0) is 37.3 Å². The van der Waals surface area contributed by atoms with Crippen molar-refractivity contribution < 1.29 is 22.7 Å². The van der Waals surface area contributed by atoms with E-state index in [1.807, 2.05) is 67.6 Å². The van der Waals surface area contributed by atoms with Crippen LogP contribution in [0.25, 0.3) is 0 Å². The Hall–Kier alpha value is -2.75. The topological polar surface area (TPSA) is 96.0 Å². The smallest absolute Gasteiger partial charge is 0.243 e. The van der Waals surface area contributed by atoms with E-state index in [4.69, 9.17) is 4.74 Å². The number of nitrogens with zero attached hydrogens (tertiary/aromatic N) is 2. The lowest BCUT2D eigenvalue weighted by Gasteiger charge is -2.32. The minimum atomic E-state index is -3.56. The van der Waals surface area contributed by atoms with Gasteiger partial charge in [0.2, 0.25) is 21.8 Å². The van der Waals surface area contributed by atoms with Gasteiger partial charge in [-0.05, 0) is 24.5 Å². The first-order valence-electron chi connectivity index (χ1n) is 11.4. The lowest BCUT2D eigenvalue weighted by atomic mass is 10.0. The standard InChI is InChI=1S/C25H35N3O5S/c1-4-33-17-11-16-26-25(30)23(18-21-12-7-5-8-13-21)28(19-22-14-9-6-10-15-22)24(29)20-27(2)34(3,31)32/h5-10,12-15,23H,4,11,16-20H2,1-3H3,(H,26,30)/t23-/m1/s1. The molecule has 0 spiro atoms. The first-order chi connectivity index (χ1) is 16.2. The Labute approximate surface area is 202 Å². The summed E-state index contributed by atoms with van der Waals surface area (Å²) < 4.78 is 30.2. The third-order valence-electron chi connectivity index (χ3n) is 5.36. The second-order valence-corrected chi connectivity index (χ2v) is 10.2. The van der Waals surface area contributed by atoms with Crippen LogP contribution in [0.4, 0.5) is 0 Å². The van der Waals surface area contributed by atoms with E-state index in [2.05, 4.69) is 5.32 Å². The van der Waals surface area contributed by atoms with Crippen LogP contribution >= 0.6 is 0 Å². The van der Waals surface area contributed by atoms with Crippen LogP contribution in [-0.4, -0.2) is 75.1 Å². The second-order valence-electron chi connectivity index (χ2n) is 8.07. The third-order valence-corrected chi connectivity index (χ3v) is 6.62. The molecule has 0 aromatic heterocycles. The molecule has 2 aromatic carbocycles. The lowest BCUT2D eigenvalue weighted by Crippen LogP contribution is -2.53. The molecule has 0 unspecified atom stereocenters. The summed E-state index contributed by atoms with van der Waals surface area (Å²) in [6.07, 6.45) is 2.01. The highest BCUT2D eigenvalue weighted by Gasteiger charge is 2.31. The van der Waals surface area contributed by atoms with Crippen molar-refractivity contribution in [2.75, 3.05) is 39.6 Å². The number of ether oxygens (including phenoxy) is 1. The van der Waals surface area contributed by atoms with Crippen LogP contribution < -0.4 is 5.32 Å². The highest BCUT2D eigenvalue weighted by molar-refractivity contribution is 7.88. The molecule has 9 heteroatoms. The first kappa shape index (κ1) is 27.5. The molecule has 0 radical (unpaired) electrons. The molecule has 186 valence electrons. The van der Waals surface area contributed by atoms with Crippen LogP contribution in [0.5, 0.6) is 0 Å². The van der Waals surface area contributed by atoms with Crippen LogP contribution in [0, 0.1) is 0 Å². The van der Waals surface area contributed by atoms with Crippen molar-refractivity contribution in [3.8, 4) is 0 Å². The number of amides is 2. The number of hydrogen-bond donors (Lipinski definition) is 1. The number of sulfonamides is 1. The molecule has 1 N–H and O–H groups in total. The number of carbonyl (C=O) groups excluding carboxylic acids is 2. The fourth-order valence-electron chi connectivity index (χ4n) is 3.38. The molecule has 0 bridgehead atoms. The molecule has 34 heavy (non-hydrogen) atoms. The molecule has 0 heterocycles. The van der Waals surface area contributed by atoms with Crippen molar-refractivity contribution in [1.29, 1.82) is 0 Å². The Morgan fingerprint density at radius 2 is 1.59 bits per heavy atom. The zero-order valence-corrected chi connectivity index (χ0v) is 21.0. The van der Waals surface area contributed by atoms with Gasteiger partial charge in [0.1, 0.15) is 6.04 Å². The Kier molecular flexibility index (Phi) is 11.2. The predicted octanol–water partition coefficient (Wildman–Crippen LogP) is 2.06. The SMILES string of the molecule is CCOCCCNC(=O)[C@@H](Cc1ccccc1)N(Cc1ccccc1)C(=O)CN(C)S(C)(=O)=O. The van der Waals surface area contributed by atoms with Crippen molar-refractivity contribution in [1.82, 2.24) is 14.5 Å². The van der Waals surface area contributed by atoms with Crippen molar-refractivity contribution in [3.63, 3.8) is 0 Å². The lowest BCUT2D eigenvalue weighted by molar-refractivity contribution is -0.141. The van der Waals surface area contributed by atoms with Gasteiger partial charge in [0.15, 0.2) is 0 Å².